The molecule has 17 heavy (non-hydrogen) atoms. The van der Waals surface area contributed by atoms with E-state index in [0.29, 0.717) is 5.56 Å². The fourth-order valence-electron chi connectivity index (χ4n) is 1.74. The van der Waals surface area contributed by atoms with Gasteiger partial charge in [0.15, 0.2) is 0 Å². The standard InChI is InChI=1S/C13H16FN3/c1-9-12(14)5-4-6-13(9)16-10(2)11-7-15-17(3)8-11/h4-8,10,16H,1-3H3. The van der Waals surface area contributed by atoms with Crippen molar-refractivity contribution in [3.05, 3.63) is 47.5 Å². The maximum absolute atomic E-state index is 13.4. The fraction of sp³-hybridized carbons (Fsp3) is 0.308. The van der Waals surface area contributed by atoms with Gasteiger partial charge >= 0.3 is 0 Å². The van der Waals surface area contributed by atoms with E-state index in [1.165, 1.54) is 6.07 Å². The lowest BCUT2D eigenvalue weighted by atomic mass is 10.1. The molecule has 1 aromatic carbocycles. The van der Waals surface area contributed by atoms with Crippen LogP contribution in [0.1, 0.15) is 24.1 Å². The van der Waals surface area contributed by atoms with Gasteiger partial charge in [0.25, 0.3) is 0 Å². The first-order valence-corrected chi connectivity index (χ1v) is 5.58. The summed E-state index contributed by atoms with van der Waals surface area (Å²) in [5.41, 5.74) is 2.54. The third kappa shape index (κ3) is 2.46. The van der Waals surface area contributed by atoms with Crippen molar-refractivity contribution in [2.45, 2.75) is 19.9 Å². The SMILES string of the molecule is Cc1c(F)cccc1NC(C)c1cnn(C)c1. The Morgan fingerprint density at radius 1 is 1.41 bits per heavy atom. The molecule has 1 N–H and O–H groups in total. The summed E-state index contributed by atoms with van der Waals surface area (Å²) in [4.78, 5) is 0. The van der Waals surface area contributed by atoms with Gasteiger partial charge in [0, 0.05) is 30.1 Å². The zero-order chi connectivity index (χ0) is 12.4. The molecule has 0 bridgehead atoms. The van der Waals surface area contributed by atoms with Crippen LogP contribution in [-0.2, 0) is 7.05 Å². The van der Waals surface area contributed by atoms with E-state index in [-0.39, 0.29) is 11.9 Å². The van der Waals surface area contributed by atoms with Crippen LogP contribution in [0.2, 0.25) is 0 Å². The molecule has 4 heteroatoms. The van der Waals surface area contributed by atoms with Crippen LogP contribution < -0.4 is 5.32 Å². The predicted octanol–water partition coefficient (Wildman–Crippen LogP) is 3.04. The minimum atomic E-state index is -0.187. The highest BCUT2D eigenvalue weighted by Crippen LogP contribution is 2.23. The molecule has 3 nitrogen and oxygen atoms in total. The molecule has 0 aliphatic heterocycles. The van der Waals surface area contributed by atoms with Gasteiger partial charge in [0.2, 0.25) is 0 Å². The molecule has 0 saturated heterocycles. The molecule has 90 valence electrons. The van der Waals surface area contributed by atoms with E-state index in [0.717, 1.165) is 11.3 Å². The number of hydrogen-bond acceptors (Lipinski definition) is 2. The summed E-state index contributed by atoms with van der Waals surface area (Å²) in [6, 6.07) is 5.16. The van der Waals surface area contributed by atoms with Crippen LogP contribution in [0.15, 0.2) is 30.6 Å². The zero-order valence-electron chi connectivity index (χ0n) is 10.2. The van der Waals surface area contributed by atoms with Crippen molar-refractivity contribution in [2.75, 3.05) is 5.32 Å². The van der Waals surface area contributed by atoms with Crippen LogP contribution in [0.5, 0.6) is 0 Å². The summed E-state index contributed by atoms with van der Waals surface area (Å²) in [6.45, 7) is 3.80. The first kappa shape index (κ1) is 11.6. The molecule has 2 aromatic rings. The topological polar surface area (TPSA) is 29.9 Å². The van der Waals surface area contributed by atoms with Crippen molar-refractivity contribution in [2.24, 2.45) is 7.05 Å². The van der Waals surface area contributed by atoms with Crippen LogP contribution in [0.4, 0.5) is 10.1 Å². The Labute approximate surface area is 100 Å². The van der Waals surface area contributed by atoms with Gasteiger partial charge < -0.3 is 5.32 Å². The minimum Gasteiger partial charge on any atom is -0.378 e. The van der Waals surface area contributed by atoms with Crippen molar-refractivity contribution in [3.63, 3.8) is 0 Å². The van der Waals surface area contributed by atoms with E-state index >= 15 is 0 Å². The number of anilines is 1. The van der Waals surface area contributed by atoms with Crippen molar-refractivity contribution in [1.29, 1.82) is 0 Å². The van der Waals surface area contributed by atoms with Gasteiger partial charge in [-0.25, -0.2) is 4.39 Å². The number of rotatable bonds is 3. The van der Waals surface area contributed by atoms with E-state index in [4.69, 9.17) is 0 Å². The largest absolute Gasteiger partial charge is 0.378 e. The first-order valence-electron chi connectivity index (χ1n) is 5.58. The van der Waals surface area contributed by atoms with Crippen LogP contribution in [0, 0.1) is 12.7 Å². The number of halogens is 1. The highest BCUT2D eigenvalue weighted by Gasteiger charge is 2.10. The van der Waals surface area contributed by atoms with Gasteiger partial charge in [-0.2, -0.15) is 5.10 Å². The molecule has 0 radical (unpaired) electrons. The Bertz CT molecular complexity index is 519. The normalized spacial score (nSPS) is 12.5. The van der Waals surface area contributed by atoms with Gasteiger partial charge in [0.1, 0.15) is 5.82 Å². The third-order valence-electron chi connectivity index (χ3n) is 2.86. The highest BCUT2D eigenvalue weighted by atomic mass is 19.1. The lowest BCUT2D eigenvalue weighted by molar-refractivity contribution is 0.618. The number of aromatic nitrogens is 2. The van der Waals surface area contributed by atoms with E-state index < -0.39 is 0 Å². The minimum absolute atomic E-state index is 0.101. The Hall–Kier alpha value is -1.84. The summed E-state index contributed by atoms with van der Waals surface area (Å²) in [7, 11) is 1.88. The molecule has 0 spiro atoms. The van der Waals surface area contributed by atoms with Crippen LogP contribution in [0.3, 0.4) is 0 Å². The van der Waals surface area contributed by atoms with Crippen molar-refractivity contribution >= 4 is 5.69 Å². The Kier molecular flexibility index (Phi) is 3.13. The van der Waals surface area contributed by atoms with Crippen molar-refractivity contribution < 1.29 is 4.39 Å². The van der Waals surface area contributed by atoms with E-state index in [1.807, 2.05) is 32.4 Å². The Morgan fingerprint density at radius 3 is 2.82 bits per heavy atom. The van der Waals surface area contributed by atoms with Crippen LogP contribution >= 0.6 is 0 Å². The van der Waals surface area contributed by atoms with Gasteiger partial charge in [-0.3, -0.25) is 4.68 Å². The number of hydrogen-bond donors (Lipinski definition) is 1. The smallest absolute Gasteiger partial charge is 0.128 e. The third-order valence-corrected chi connectivity index (χ3v) is 2.86. The lowest BCUT2D eigenvalue weighted by Gasteiger charge is -2.15. The average Bonchev–Trinajstić information content (AvgIpc) is 2.72. The van der Waals surface area contributed by atoms with Gasteiger partial charge in [-0.1, -0.05) is 6.07 Å². The quantitative estimate of drug-likeness (QED) is 0.883. The average molecular weight is 233 g/mol. The summed E-state index contributed by atoms with van der Waals surface area (Å²) in [6.07, 6.45) is 3.76. The summed E-state index contributed by atoms with van der Waals surface area (Å²) < 4.78 is 15.1. The molecular weight excluding hydrogens is 217 g/mol. The van der Waals surface area contributed by atoms with Crippen molar-refractivity contribution in [3.8, 4) is 0 Å². The number of aryl methyl sites for hydroxylation is 1. The van der Waals surface area contributed by atoms with Gasteiger partial charge in [-0.05, 0) is 26.0 Å². The van der Waals surface area contributed by atoms with Crippen molar-refractivity contribution in [1.82, 2.24) is 9.78 Å². The van der Waals surface area contributed by atoms with Crippen LogP contribution in [0.25, 0.3) is 0 Å². The van der Waals surface area contributed by atoms with Gasteiger partial charge in [-0.15, -0.1) is 0 Å². The highest BCUT2D eigenvalue weighted by molar-refractivity contribution is 5.52. The number of benzene rings is 1. The van der Waals surface area contributed by atoms with E-state index in [1.54, 1.807) is 17.7 Å². The molecule has 0 amide bonds. The molecule has 1 heterocycles. The molecule has 0 fully saturated rings. The first-order chi connectivity index (χ1) is 8.08. The van der Waals surface area contributed by atoms with Gasteiger partial charge in [0.05, 0.1) is 12.2 Å². The Morgan fingerprint density at radius 2 is 2.18 bits per heavy atom. The lowest BCUT2D eigenvalue weighted by Crippen LogP contribution is -2.07. The van der Waals surface area contributed by atoms with E-state index in [2.05, 4.69) is 10.4 Å². The van der Waals surface area contributed by atoms with E-state index in [9.17, 15) is 4.39 Å². The predicted molar refractivity (Wildman–Crippen MR) is 66.4 cm³/mol. The molecule has 0 saturated carbocycles. The molecule has 1 atom stereocenters. The summed E-state index contributed by atoms with van der Waals surface area (Å²) >= 11 is 0. The maximum Gasteiger partial charge on any atom is 0.128 e. The number of nitrogens with zero attached hydrogens (tertiary/aromatic N) is 2. The monoisotopic (exact) mass is 233 g/mol. The molecular formula is C13H16FN3. The van der Waals surface area contributed by atoms with Crippen LogP contribution in [-0.4, -0.2) is 9.78 Å². The second-order valence-corrected chi connectivity index (χ2v) is 4.23. The zero-order valence-corrected chi connectivity index (χ0v) is 10.2. The second kappa shape index (κ2) is 4.57. The fourth-order valence-corrected chi connectivity index (χ4v) is 1.74. The molecule has 2 rings (SSSR count). The molecule has 1 aromatic heterocycles. The molecule has 0 aliphatic carbocycles. The molecule has 1 unspecified atom stereocenters. The number of nitrogens with one attached hydrogen (secondary N) is 1. The Balaban J connectivity index is 2.18. The summed E-state index contributed by atoms with van der Waals surface area (Å²) in [5.74, 6) is -0.187. The second-order valence-electron chi connectivity index (χ2n) is 4.23. The molecule has 0 aliphatic rings. The summed E-state index contributed by atoms with van der Waals surface area (Å²) in [5, 5.41) is 7.41. The maximum atomic E-state index is 13.4.